The standard InChI is InChI=1S/C14H16N2O3S/c1-12(2)13(3)4-5-14(12,9(18)8(13)17)10(19)16-11-15-6-7-20-11/h6-7H,4-5H2,1-3H3,(H,15,16,19). The lowest BCUT2D eigenvalue weighted by Crippen LogP contribution is -2.47. The van der Waals surface area contributed by atoms with Gasteiger partial charge in [-0.05, 0) is 18.3 Å². The van der Waals surface area contributed by atoms with E-state index in [9.17, 15) is 14.4 Å². The lowest BCUT2D eigenvalue weighted by Gasteiger charge is -2.36. The summed E-state index contributed by atoms with van der Waals surface area (Å²) in [4.78, 5) is 41.4. The number of ketones is 2. The number of rotatable bonds is 2. The van der Waals surface area contributed by atoms with Crippen molar-refractivity contribution in [2.75, 3.05) is 5.32 Å². The van der Waals surface area contributed by atoms with Crippen molar-refractivity contribution in [2.24, 2.45) is 16.2 Å². The van der Waals surface area contributed by atoms with Crippen molar-refractivity contribution < 1.29 is 14.4 Å². The van der Waals surface area contributed by atoms with Gasteiger partial charge in [-0.25, -0.2) is 4.98 Å². The van der Waals surface area contributed by atoms with Crippen LogP contribution in [0, 0.1) is 16.2 Å². The van der Waals surface area contributed by atoms with E-state index in [4.69, 9.17) is 0 Å². The van der Waals surface area contributed by atoms with Crippen LogP contribution in [-0.2, 0) is 14.4 Å². The van der Waals surface area contributed by atoms with Gasteiger partial charge in [0, 0.05) is 17.0 Å². The molecule has 1 aromatic rings. The minimum Gasteiger partial charge on any atom is -0.301 e. The average molecular weight is 292 g/mol. The molecule has 1 amide bonds. The molecule has 2 aliphatic carbocycles. The maximum absolute atomic E-state index is 12.7. The van der Waals surface area contributed by atoms with Crippen LogP contribution in [0.15, 0.2) is 11.6 Å². The molecule has 2 fully saturated rings. The van der Waals surface area contributed by atoms with Gasteiger partial charge in [-0.15, -0.1) is 11.3 Å². The van der Waals surface area contributed by atoms with Gasteiger partial charge in [-0.1, -0.05) is 20.8 Å². The summed E-state index contributed by atoms with van der Waals surface area (Å²) in [6.07, 6.45) is 2.59. The van der Waals surface area contributed by atoms with Crippen LogP contribution in [0.2, 0.25) is 0 Å². The summed E-state index contributed by atoms with van der Waals surface area (Å²) in [7, 11) is 0. The van der Waals surface area contributed by atoms with Gasteiger partial charge in [0.1, 0.15) is 5.41 Å². The van der Waals surface area contributed by atoms with E-state index in [-0.39, 0.29) is 0 Å². The highest BCUT2D eigenvalue weighted by molar-refractivity contribution is 7.13. The van der Waals surface area contributed by atoms with E-state index in [0.717, 1.165) is 0 Å². The third-order valence-corrected chi connectivity index (χ3v) is 6.27. The molecule has 0 saturated heterocycles. The molecule has 1 N–H and O–H groups in total. The molecule has 0 radical (unpaired) electrons. The average Bonchev–Trinajstić information content (AvgIpc) is 2.97. The van der Waals surface area contributed by atoms with Gasteiger partial charge >= 0.3 is 0 Å². The monoisotopic (exact) mass is 292 g/mol. The van der Waals surface area contributed by atoms with Crippen LogP contribution >= 0.6 is 11.3 Å². The van der Waals surface area contributed by atoms with Gasteiger partial charge in [0.2, 0.25) is 17.5 Å². The van der Waals surface area contributed by atoms with Crippen LogP contribution in [0.5, 0.6) is 0 Å². The zero-order valence-corrected chi connectivity index (χ0v) is 12.5. The number of amides is 1. The Hall–Kier alpha value is -1.56. The van der Waals surface area contributed by atoms with E-state index in [1.54, 1.807) is 18.5 Å². The first kappa shape index (κ1) is 13.4. The van der Waals surface area contributed by atoms with Crippen LogP contribution in [0.25, 0.3) is 0 Å². The van der Waals surface area contributed by atoms with Gasteiger partial charge in [0.25, 0.3) is 0 Å². The highest BCUT2D eigenvalue weighted by Gasteiger charge is 2.77. The Morgan fingerprint density at radius 1 is 1.25 bits per heavy atom. The summed E-state index contributed by atoms with van der Waals surface area (Å²) in [6, 6.07) is 0. The lowest BCUT2D eigenvalue weighted by atomic mass is 9.64. The smallest absolute Gasteiger partial charge is 0.240 e. The quantitative estimate of drug-likeness (QED) is 0.668. The van der Waals surface area contributed by atoms with Crippen LogP contribution in [0.1, 0.15) is 33.6 Å². The van der Waals surface area contributed by atoms with Crippen molar-refractivity contribution in [1.82, 2.24) is 4.98 Å². The van der Waals surface area contributed by atoms with Gasteiger partial charge in [-0.2, -0.15) is 0 Å². The summed E-state index contributed by atoms with van der Waals surface area (Å²) in [5, 5.41) is 4.91. The topological polar surface area (TPSA) is 76.1 Å². The Bertz CT molecular complexity index is 622. The number of carbonyl (C=O) groups is 3. The first-order valence-electron chi connectivity index (χ1n) is 6.57. The number of nitrogens with one attached hydrogen (secondary N) is 1. The zero-order valence-electron chi connectivity index (χ0n) is 11.6. The van der Waals surface area contributed by atoms with Gasteiger partial charge in [-0.3, -0.25) is 14.4 Å². The number of hydrogen-bond donors (Lipinski definition) is 1. The molecule has 2 saturated carbocycles. The first-order chi connectivity index (χ1) is 9.27. The van der Waals surface area contributed by atoms with Crippen molar-refractivity contribution in [1.29, 1.82) is 0 Å². The Morgan fingerprint density at radius 3 is 2.45 bits per heavy atom. The van der Waals surface area contributed by atoms with Crippen LogP contribution in [-0.4, -0.2) is 22.5 Å². The normalized spacial score (nSPS) is 34.5. The molecule has 6 heteroatoms. The first-order valence-corrected chi connectivity index (χ1v) is 7.45. The second-order valence-corrected chi connectivity index (χ2v) is 7.21. The molecule has 5 nitrogen and oxygen atoms in total. The van der Waals surface area contributed by atoms with E-state index < -0.39 is 33.7 Å². The number of carbonyl (C=O) groups excluding carboxylic acids is 3. The van der Waals surface area contributed by atoms with Crippen molar-refractivity contribution in [2.45, 2.75) is 33.6 Å². The molecular formula is C14H16N2O3S. The zero-order chi connectivity index (χ0) is 14.8. The number of hydrogen-bond acceptors (Lipinski definition) is 5. The third kappa shape index (κ3) is 1.23. The van der Waals surface area contributed by atoms with Crippen LogP contribution in [0.4, 0.5) is 5.13 Å². The van der Waals surface area contributed by atoms with Crippen molar-refractivity contribution in [3.63, 3.8) is 0 Å². The molecule has 106 valence electrons. The largest absolute Gasteiger partial charge is 0.301 e. The molecule has 1 heterocycles. The maximum Gasteiger partial charge on any atom is 0.240 e. The lowest BCUT2D eigenvalue weighted by molar-refractivity contribution is -0.147. The maximum atomic E-state index is 12.7. The molecule has 2 bridgehead atoms. The molecule has 0 aromatic carbocycles. The third-order valence-electron chi connectivity index (χ3n) is 5.58. The second kappa shape index (κ2) is 3.75. The Morgan fingerprint density at radius 2 is 1.95 bits per heavy atom. The Balaban J connectivity index is 2.05. The van der Waals surface area contributed by atoms with E-state index >= 15 is 0 Å². The molecular weight excluding hydrogens is 276 g/mol. The van der Waals surface area contributed by atoms with Crippen molar-refractivity contribution in [3.05, 3.63) is 11.6 Å². The molecule has 2 aliphatic rings. The SMILES string of the molecule is CC12CCC(C(=O)Nc3nccs3)(C(=O)C1=O)C2(C)C. The van der Waals surface area contributed by atoms with Crippen molar-refractivity contribution in [3.8, 4) is 0 Å². The summed E-state index contributed by atoms with van der Waals surface area (Å²) in [5.41, 5.74) is -2.65. The Kier molecular flexibility index (Phi) is 2.52. The predicted octanol–water partition coefficient (Wildman–Crippen LogP) is 2.05. The molecule has 2 atom stereocenters. The molecule has 1 aromatic heterocycles. The highest BCUT2D eigenvalue weighted by atomic mass is 32.1. The molecule has 3 rings (SSSR count). The number of Topliss-reactive ketones (excluding diaryl/α,β-unsaturated/α-hetero) is 2. The summed E-state index contributed by atoms with van der Waals surface area (Å²) in [5.74, 6) is -1.33. The van der Waals surface area contributed by atoms with E-state index in [1.807, 2.05) is 13.8 Å². The molecule has 0 aliphatic heterocycles. The van der Waals surface area contributed by atoms with E-state index in [2.05, 4.69) is 10.3 Å². The molecule has 0 spiro atoms. The number of nitrogens with zero attached hydrogens (tertiary/aromatic N) is 1. The summed E-state index contributed by atoms with van der Waals surface area (Å²) >= 11 is 1.29. The van der Waals surface area contributed by atoms with Gasteiger partial charge < -0.3 is 5.32 Å². The fraction of sp³-hybridized carbons (Fsp3) is 0.571. The van der Waals surface area contributed by atoms with Crippen LogP contribution in [0.3, 0.4) is 0 Å². The fourth-order valence-corrected chi connectivity index (χ4v) is 4.29. The minimum absolute atomic E-state index is 0.392. The van der Waals surface area contributed by atoms with E-state index in [1.165, 1.54) is 11.3 Å². The number of thiazole rings is 1. The van der Waals surface area contributed by atoms with Gasteiger partial charge in [0.05, 0.1) is 0 Å². The van der Waals surface area contributed by atoms with Gasteiger partial charge in [0.15, 0.2) is 5.13 Å². The number of fused-ring (bicyclic) bond motifs is 2. The number of aromatic nitrogens is 1. The summed E-state index contributed by atoms with van der Waals surface area (Å²) < 4.78 is 0. The molecule has 20 heavy (non-hydrogen) atoms. The summed E-state index contributed by atoms with van der Waals surface area (Å²) in [6.45, 7) is 5.51. The Labute approximate surface area is 120 Å². The fourth-order valence-electron chi connectivity index (χ4n) is 3.76. The van der Waals surface area contributed by atoms with E-state index in [0.29, 0.717) is 18.0 Å². The van der Waals surface area contributed by atoms with Crippen LogP contribution < -0.4 is 5.32 Å². The molecule has 2 unspecified atom stereocenters. The van der Waals surface area contributed by atoms with Crippen molar-refractivity contribution >= 4 is 33.9 Å². The highest BCUT2D eigenvalue weighted by Crippen LogP contribution is 2.69. The predicted molar refractivity (Wildman–Crippen MR) is 74.3 cm³/mol. The second-order valence-electron chi connectivity index (χ2n) is 6.31. The number of anilines is 1. The minimum atomic E-state index is -1.25.